The maximum Gasteiger partial charge on any atom is 0.293 e. The van der Waals surface area contributed by atoms with E-state index in [-0.39, 0.29) is 5.91 Å². The second-order valence-corrected chi connectivity index (χ2v) is 2.36. The Bertz CT molecular complexity index is 134. The average molecular weight is 159 g/mol. The molecule has 11 heavy (non-hydrogen) atoms. The number of amides is 1. The number of carbonyl (C=O) groups excluding carboxylic acids is 2. The van der Waals surface area contributed by atoms with Gasteiger partial charge in [0.25, 0.3) is 6.47 Å². The molecule has 0 aliphatic heterocycles. The number of carbonyl (C=O) groups is 2. The number of rotatable bonds is 5. The molecule has 0 aliphatic rings. The molecule has 0 atom stereocenters. The van der Waals surface area contributed by atoms with E-state index in [9.17, 15) is 9.59 Å². The third-order valence-corrected chi connectivity index (χ3v) is 1.22. The van der Waals surface area contributed by atoms with Crippen molar-refractivity contribution in [3.63, 3.8) is 0 Å². The lowest BCUT2D eigenvalue weighted by molar-refractivity contribution is -0.132. The first kappa shape index (κ1) is 9.94. The van der Waals surface area contributed by atoms with E-state index in [0.29, 0.717) is 25.9 Å². The van der Waals surface area contributed by atoms with E-state index in [1.807, 2.05) is 0 Å². The van der Waals surface area contributed by atoms with E-state index in [4.69, 9.17) is 0 Å². The lowest BCUT2D eigenvalue weighted by Gasteiger charge is -2.08. The number of nitrogens with zero attached hydrogens (tertiary/aromatic N) is 1. The molecule has 0 saturated heterocycles. The summed E-state index contributed by atoms with van der Waals surface area (Å²) in [5.74, 6) is 0.0551. The Hall–Kier alpha value is -1.06. The van der Waals surface area contributed by atoms with Gasteiger partial charge in [-0.25, -0.2) is 0 Å². The van der Waals surface area contributed by atoms with Crippen LogP contribution in [0.4, 0.5) is 0 Å². The van der Waals surface area contributed by atoms with Crippen molar-refractivity contribution >= 4 is 12.4 Å². The molecule has 64 valence electrons. The van der Waals surface area contributed by atoms with E-state index in [0.717, 1.165) is 0 Å². The first-order valence-electron chi connectivity index (χ1n) is 3.44. The summed E-state index contributed by atoms with van der Waals surface area (Å²) in [4.78, 5) is 22.1. The summed E-state index contributed by atoms with van der Waals surface area (Å²) in [5.41, 5.74) is 0. The molecule has 0 unspecified atom stereocenters. The van der Waals surface area contributed by atoms with Crippen LogP contribution in [-0.4, -0.2) is 38.0 Å². The van der Waals surface area contributed by atoms with Gasteiger partial charge in [-0.15, -0.1) is 0 Å². The van der Waals surface area contributed by atoms with Gasteiger partial charge in [0.2, 0.25) is 5.91 Å². The smallest absolute Gasteiger partial charge is 0.293 e. The fourth-order valence-electron chi connectivity index (χ4n) is 0.578. The molecule has 0 spiro atoms. The Morgan fingerprint density at radius 2 is 2.18 bits per heavy atom. The summed E-state index contributed by atoms with van der Waals surface area (Å²) in [6.45, 7) is 0.712. The van der Waals surface area contributed by atoms with Crippen LogP contribution in [0.5, 0.6) is 0 Å². The highest BCUT2D eigenvalue weighted by molar-refractivity contribution is 5.75. The molecule has 0 heterocycles. The third-order valence-electron chi connectivity index (χ3n) is 1.22. The van der Waals surface area contributed by atoms with Crippen molar-refractivity contribution in [2.75, 3.05) is 20.7 Å². The highest BCUT2D eigenvalue weighted by Crippen LogP contribution is 1.92. The lowest BCUT2D eigenvalue weighted by atomic mass is 10.3. The van der Waals surface area contributed by atoms with Crippen LogP contribution in [-0.2, 0) is 14.3 Å². The van der Waals surface area contributed by atoms with Crippen LogP contribution in [0.1, 0.15) is 12.8 Å². The normalized spacial score (nSPS) is 8.91. The summed E-state index contributed by atoms with van der Waals surface area (Å²) >= 11 is 0. The molecular formula is C7H13NO3. The average Bonchev–Trinajstić information content (AvgIpc) is 1.97. The fraction of sp³-hybridized carbons (Fsp3) is 0.714. The van der Waals surface area contributed by atoms with Crippen LogP contribution in [0.3, 0.4) is 0 Å². The largest absolute Gasteiger partial charge is 0.468 e. The predicted molar refractivity (Wildman–Crippen MR) is 39.9 cm³/mol. The SMILES string of the molecule is CN(C)C(=O)CCCOC=O. The van der Waals surface area contributed by atoms with Gasteiger partial charge < -0.3 is 9.64 Å². The zero-order valence-corrected chi connectivity index (χ0v) is 6.87. The second-order valence-electron chi connectivity index (χ2n) is 2.36. The van der Waals surface area contributed by atoms with Crippen molar-refractivity contribution in [3.05, 3.63) is 0 Å². The molecule has 1 amide bonds. The van der Waals surface area contributed by atoms with E-state index in [1.165, 1.54) is 4.90 Å². The van der Waals surface area contributed by atoms with Gasteiger partial charge in [-0.05, 0) is 6.42 Å². The topological polar surface area (TPSA) is 46.6 Å². The Morgan fingerprint density at radius 3 is 2.64 bits per heavy atom. The number of ether oxygens (including phenoxy) is 1. The highest BCUT2D eigenvalue weighted by Gasteiger charge is 2.01. The molecular weight excluding hydrogens is 146 g/mol. The zero-order valence-electron chi connectivity index (χ0n) is 6.87. The van der Waals surface area contributed by atoms with Crippen molar-refractivity contribution in [1.82, 2.24) is 4.90 Å². The molecule has 0 N–H and O–H groups in total. The van der Waals surface area contributed by atoms with E-state index < -0.39 is 0 Å². The van der Waals surface area contributed by atoms with Crippen LogP contribution in [0.2, 0.25) is 0 Å². The third kappa shape index (κ3) is 5.39. The van der Waals surface area contributed by atoms with Crippen LogP contribution in [0, 0.1) is 0 Å². The van der Waals surface area contributed by atoms with Gasteiger partial charge in [0.1, 0.15) is 0 Å². The molecule has 0 rings (SSSR count). The first-order valence-corrected chi connectivity index (χ1v) is 3.44. The van der Waals surface area contributed by atoms with Crippen molar-refractivity contribution in [2.45, 2.75) is 12.8 Å². The van der Waals surface area contributed by atoms with Gasteiger partial charge in [0.05, 0.1) is 6.61 Å². The maximum atomic E-state index is 10.9. The van der Waals surface area contributed by atoms with Gasteiger partial charge in [-0.3, -0.25) is 9.59 Å². The van der Waals surface area contributed by atoms with Crippen molar-refractivity contribution < 1.29 is 14.3 Å². The summed E-state index contributed by atoms with van der Waals surface area (Å²) in [6.07, 6.45) is 1.02. The molecule has 4 heteroatoms. The second kappa shape index (κ2) is 5.70. The minimum atomic E-state index is 0.0551. The van der Waals surface area contributed by atoms with Gasteiger partial charge in [-0.2, -0.15) is 0 Å². The molecule has 0 aliphatic carbocycles. The lowest BCUT2D eigenvalue weighted by Crippen LogP contribution is -2.21. The Morgan fingerprint density at radius 1 is 1.55 bits per heavy atom. The van der Waals surface area contributed by atoms with E-state index in [2.05, 4.69) is 4.74 Å². The Balaban J connectivity index is 3.24. The van der Waals surface area contributed by atoms with Crippen LogP contribution < -0.4 is 0 Å². The minimum Gasteiger partial charge on any atom is -0.468 e. The number of hydrogen-bond acceptors (Lipinski definition) is 3. The summed E-state index contributed by atoms with van der Waals surface area (Å²) in [7, 11) is 3.39. The molecule has 0 radical (unpaired) electrons. The summed E-state index contributed by atoms with van der Waals surface area (Å²) < 4.78 is 4.41. The van der Waals surface area contributed by atoms with Crippen LogP contribution in [0.25, 0.3) is 0 Å². The van der Waals surface area contributed by atoms with Gasteiger partial charge >= 0.3 is 0 Å². The van der Waals surface area contributed by atoms with Crippen LogP contribution in [0.15, 0.2) is 0 Å². The molecule has 0 bridgehead atoms. The fourth-order valence-corrected chi connectivity index (χ4v) is 0.578. The molecule has 0 aromatic rings. The quantitative estimate of drug-likeness (QED) is 0.420. The molecule has 0 fully saturated rings. The molecule has 0 saturated carbocycles. The minimum absolute atomic E-state index is 0.0551. The van der Waals surface area contributed by atoms with Crippen molar-refractivity contribution in [3.8, 4) is 0 Å². The summed E-state index contributed by atoms with van der Waals surface area (Å²) in [6, 6.07) is 0. The molecule has 0 aromatic carbocycles. The summed E-state index contributed by atoms with van der Waals surface area (Å²) in [5, 5.41) is 0. The highest BCUT2D eigenvalue weighted by atomic mass is 16.5. The first-order chi connectivity index (χ1) is 5.18. The Kier molecular flexibility index (Phi) is 5.15. The van der Waals surface area contributed by atoms with E-state index >= 15 is 0 Å². The van der Waals surface area contributed by atoms with Gasteiger partial charge in [0.15, 0.2) is 0 Å². The van der Waals surface area contributed by atoms with Gasteiger partial charge in [0, 0.05) is 20.5 Å². The molecule has 0 aromatic heterocycles. The van der Waals surface area contributed by atoms with Crippen LogP contribution >= 0.6 is 0 Å². The monoisotopic (exact) mass is 159 g/mol. The predicted octanol–water partition coefficient (Wildman–Crippen LogP) is 0.0278. The van der Waals surface area contributed by atoms with Crippen molar-refractivity contribution in [1.29, 1.82) is 0 Å². The standard InChI is InChI=1S/C7H13NO3/c1-8(2)7(10)4-3-5-11-6-9/h6H,3-5H2,1-2H3. The number of hydrogen-bond donors (Lipinski definition) is 0. The molecule has 4 nitrogen and oxygen atoms in total. The Labute approximate surface area is 66.1 Å². The maximum absolute atomic E-state index is 10.9. The zero-order chi connectivity index (χ0) is 8.69. The van der Waals surface area contributed by atoms with Gasteiger partial charge in [-0.1, -0.05) is 0 Å². The van der Waals surface area contributed by atoms with E-state index in [1.54, 1.807) is 14.1 Å². The van der Waals surface area contributed by atoms with Crippen molar-refractivity contribution in [2.24, 2.45) is 0 Å².